The average molecular weight is 273 g/mol. The summed E-state index contributed by atoms with van der Waals surface area (Å²) in [6, 6.07) is 7.39. The molecular formula is C16H20FN3. The molecule has 1 N–H and O–H groups in total. The molecule has 0 amide bonds. The van der Waals surface area contributed by atoms with Crippen LogP contribution < -0.4 is 5.32 Å². The summed E-state index contributed by atoms with van der Waals surface area (Å²) in [5.74, 6) is 0.384. The van der Waals surface area contributed by atoms with Crippen LogP contribution in [0.4, 0.5) is 10.1 Å². The van der Waals surface area contributed by atoms with Crippen molar-refractivity contribution in [2.75, 3.05) is 5.32 Å². The molecule has 0 aliphatic heterocycles. The third-order valence-corrected chi connectivity index (χ3v) is 4.34. The van der Waals surface area contributed by atoms with Gasteiger partial charge in [-0.05, 0) is 50.3 Å². The highest BCUT2D eigenvalue weighted by atomic mass is 19.1. The first-order valence-corrected chi connectivity index (χ1v) is 7.07. The van der Waals surface area contributed by atoms with Crippen molar-refractivity contribution in [3.05, 3.63) is 47.0 Å². The minimum atomic E-state index is -0.163. The molecule has 1 aromatic carbocycles. The van der Waals surface area contributed by atoms with E-state index in [1.807, 2.05) is 30.8 Å². The predicted octanol–water partition coefficient (Wildman–Crippen LogP) is 3.53. The number of aromatic nitrogens is 2. The molecule has 0 bridgehead atoms. The van der Waals surface area contributed by atoms with Crippen molar-refractivity contribution >= 4 is 5.69 Å². The van der Waals surface area contributed by atoms with Gasteiger partial charge in [0.25, 0.3) is 0 Å². The normalized spacial score (nSPS) is 21.6. The Labute approximate surface area is 118 Å². The van der Waals surface area contributed by atoms with Crippen LogP contribution in [-0.2, 0) is 7.05 Å². The number of hydrogen-bond donors (Lipinski definition) is 1. The molecule has 0 saturated heterocycles. The van der Waals surface area contributed by atoms with Gasteiger partial charge in [-0.1, -0.05) is 12.1 Å². The first-order chi connectivity index (χ1) is 9.54. The number of benzene rings is 1. The quantitative estimate of drug-likeness (QED) is 0.927. The van der Waals surface area contributed by atoms with Gasteiger partial charge in [0.05, 0.1) is 17.1 Å². The summed E-state index contributed by atoms with van der Waals surface area (Å²) < 4.78 is 14.8. The Bertz CT molecular complexity index is 609. The third-order valence-electron chi connectivity index (χ3n) is 4.34. The number of nitrogens with zero attached hydrogens (tertiary/aromatic N) is 2. The fraction of sp³-hybridized carbons (Fsp3) is 0.438. The third kappa shape index (κ3) is 2.30. The van der Waals surface area contributed by atoms with E-state index in [2.05, 4.69) is 17.3 Å². The van der Waals surface area contributed by atoms with E-state index in [-0.39, 0.29) is 5.82 Å². The molecule has 1 saturated carbocycles. The lowest BCUT2D eigenvalue weighted by Gasteiger charge is -2.37. The minimum absolute atomic E-state index is 0.163. The van der Waals surface area contributed by atoms with Crippen molar-refractivity contribution in [1.29, 1.82) is 0 Å². The fourth-order valence-corrected chi connectivity index (χ4v) is 2.93. The molecule has 0 radical (unpaired) electrons. The summed E-state index contributed by atoms with van der Waals surface area (Å²) in [4.78, 5) is 0. The maximum Gasteiger partial charge on any atom is 0.123 e. The molecule has 3 rings (SSSR count). The second-order valence-corrected chi connectivity index (χ2v) is 5.73. The Morgan fingerprint density at radius 1 is 1.20 bits per heavy atom. The molecule has 20 heavy (non-hydrogen) atoms. The van der Waals surface area contributed by atoms with Gasteiger partial charge in [-0.15, -0.1) is 0 Å². The molecule has 1 heterocycles. The Kier molecular flexibility index (Phi) is 3.24. The highest BCUT2D eigenvalue weighted by Gasteiger charge is 2.31. The molecule has 1 aliphatic carbocycles. The van der Waals surface area contributed by atoms with Gasteiger partial charge < -0.3 is 5.32 Å². The zero-order chi connectivity index (χ0) is 14.3. The molecule has 0 unspecified atom stereocenters. The van der Waals surface area contributed by atoms with Crippen LogP contribution >= 0.6 is 0 Å². The van der Waals surface area contributed by atoms with Crippen LogP contribution in [0.1, 0.15) is 35.7 Å². The number of nitrogens with one attached hydrogen (secondary N) is 1. The number of anilines is 1. The lowest BCUT2D eigenvalue weighted by Crippen LogP contribution is -2.34. The van der Waals surface area contributed by atoms with Crippen LogP contribution in [0.3, 0.4) is 0 Å². The largest absolute Gasteiger partial charge is 0.379 e. The summed E-state index contributed by atoms with van der Waals surface area (Å²) in [6.07, 6.45) is 2.19. The maximum absolute atomic E-state index is 12.9. The van der Waals surface area contributed by atoms with E-state index in [4.69, 9.17) is 0 Å². The van der Waals surface area contributed by atoms with Crippen LogP contribution in [0.25, 0.3) is 0 Å². The van der Waals surface area contributed by atoms with E-state index < -0.39 is 0 Å². The van der Waals surface area contributed by atoms with E-state index in [9.17, 15) is 4.39 Å². The second-order valence-electron chi connectivity index (χ2n) is 5.73. The Morgan fingerprint density at radius 3 is 2.40 bits per heavy atom. The van der Waals surface area contributed by atoms with Gasteiger partial charge in [-0.2, -0.15) is 5.10 Å². The van der Waals surface area contributed by atoms with Crippen LogP contribution in [0.15, 0.2) is 24.3 Å². The summed E-state index contributed by atoms with van der Waals surface area (Å²) in [6.45, 7) is 4.11. The highest BCUT2D eigenvalue weighted by Crippen LogP contribution is 2.39. The number of halogens is 1. The topological polar surface area (TPSA) is 29.9 Å². The zero-order valence-electron chi connectivity index (χ0n) is 12.2. The van der Waals surface area contributed by atoms with Crippen LogP contribution in [0.5, 0.6) is 0 Å². The second kappa shape index (κ2) is 4.93. The molecule has 1 aliphatic rings. The summed E-state index contributed by atoms with van der Waals surface area (Å²) in [7, 11) is 1.97. The first kappa shape index (κ1) is 13.2. The monoisotopic (exact) mass is 273 g/mol. The molecule has 0 spiro atoms. The average Bonchev–Trinajstić information content (AvgIpc) is 2.60. The Hall–Kier alpha value is -1.84. The lowest BCUT2D eigenvalue weighted by atomic mass is 9.76. The molecule has 0 atom stereocenters. The predicted molar refractivity (Wildman–Crippen MR) is 78.5 cm³/mol. The van der Waals surface area contributed by atoms with Crippen molar-refractivity contribution in [1.82, 2.24) is 9.78 Å². The van der Waals surface area contributed by atoms with Crippen molar-refractivity contribution < 1.29 is 4.39 Å². The fourth-order valence-electron chi connectivity index (χ4n) is 2.93. The summed E-state index contributed by atoms with van der Waals surface area (Å²) in [5, 5.41) is 8.01. The molecule has 4 heteroatoms. The lowest BCUT2D eigenvalue weighted by molar-refractivity contribution is 0.373. The van der Waals surface area contributed by atoms with Crippen molar-refractivity contribution in [3.8, 4) is 0 Å². The molecule has 3 nitrogen and oxygen atoms in total. The molecule has 1 aromatic heterocycles. The van der Waals surface area contributed by atoms with Crippen LogP contribution in [0, 0.1) is 19.7 Å². The number of rotatable bonds is 3. The van der Waals surface area contributed by atoms with E-state index in [1.54, 1.807) is 12.1 Å². The molecule has 1 fully saturated rings. The number of aryl methyl sites for hydroxylation is 2. The molecular weight excluding hydrogens is 253 g/mol. The van der Waals surface area contributed by atoms with E-state index >= 15 is 0 Å². The van der Waals surface area contributed by atoms with E-state index in [0.717, 1.165) is 24.2 Å². The SMILES string of the molecule is Cc1nn(C)c(C)c1NC1CC(c2ccc(F)cc2)C1. The van der Waals surface area contributed by atoms with Crippen molar-refractivity contribution in [2.45, 2.75) is 38.6 Å². The minimum Gasteiger partial charge on any atom is -0.379 e. The molecule has 106 valence electrons. The van der Waals surface area contributed by atoms with Gasteiger partial charge in [0, 0.05) is 13.1 Å². The van der Waals surface area contributed by atoms with E-state index in [1.165, 1.54) is 11.3 Å². The van der Waals surface area contributed by atoms with Crippen LogP contribution in [0.2, 0.25) is 0 Å². The summed E-state index contributed by atoms with van der Waals surface area (Å²) >= 11 is 0. The van der Waals surface area contributed by atoms with Gasteiger partial charge in [0.2, 0.25) is 0 Å². The molecule has 2 aromatic rings. The van der Waals surface area contributed by atoms with Crippen LogP contribution in [-0.4, -0.2) is 15.8 Å². The highest BCUT2D eigenvalue weighted by molar-refractivity contribution is 5.53. The summed E-state index contributed by atoms with van der Waals surface area (Å²) in [5.41, 5.74) is 4.63. The standard InChI is InChI=1S/C16H20FN3/c1-10-16(11(2)20(3)19-10)18-15-8-13(9-15)12-4-6-14(17)7-5-12/h4-7,13,15,18H,8-9H2,1-3H3. The van der Waals surface area contributed by atoms with Crippen molar-refractivity contribution in [2.24, 2.45) is 7.05 Å². The van der Waals surface area contributed by atoms with Gasteiger partial charge in [0.15, 0.2) is 0 Å². The van der Waals surface area contributed by atoms with Gasteiger partial charge in [-0.25, -0.2) is 4.39 Å². The van der Waals surface area contributed by atoms with Gasteiger partial charge in [0.1, 0.15) is 5.82 Å². The van der Waals surface area contributed by atoms with Gasteiger partial charge in [-0.3, -0.25) is 4.68 Å². The number of hydrogen-bond acceptors (Lipinski definition) is 2. The zero-order valence-corrected chi connectivity index (χ0v) is 12.2. The van der Waals surface area contributed by atoms with Gasteiger partial charge >= 0.3 is 0 Å². The van der Waals surface area contributed by atoms with E-state index in [0.29, 0.717) is 12.0 Å². The Balaban J connectivity index is 1.62. The smallest absolute Gasteiger partial charge is 0.123 e. The maximum atomic E-state index is 12.9. The first-order valence-electron chi connectivity index (χ1n) is 7.07. The Morgan fingerprint density at radius 2 is 1.85 bits per heavy atom. The van der Waals surface area contributed by atoms with Crippen molar-refractivity contribution in [3.63, 3.8) is 0 Å².